The average molecular weight is 502 g/mol. The van der Waals surface area contributed by atoms with Gasteiger partial charge in [0.15, 0.2) is 0 Å². The summed E-state index contributed by atoms with van der Waals surface area (Å²) in [5, 5.41) is 5.90. The average Bonchev–Trinajstić information content (AvgIpc) is 2.87. The Bertz CT molecular complexity index is 1130. The van der Waals surface area contributed by atoms with Gasteiger partial charge in [0.2, 0.25) is 15.9 Å². The lowest BCUT2D eigenvalue weighted by Crippen LogP contribution is -2.55. The Hall–Kier alpha value is -2.91. The van der Waals surface area contributed by atoms with Crippen LogP contribution in [0.3, 0.4) is 0 Å². The highest BCUT2D eigenvalue weighted by atomic mass is 32.2. The number of nitrogens with zero attached hydrogens (tertiary/aromatic N) is 1. The van der Waals surface area contributed by atoms with Crippen LogP contribution in [0.2, 0.25) is 0 Å². The molecule has 8 nitrogen and oxygen atoms in total. The molecule has 1 fully saturated rings. The number of methoxy groups -OCH3 is 1. The number of carbonyl (C=O) groups excluding carboxylic acids is 2. The van der Waals surface area contributed by atoms with Crippen molar-refractivity contribution in [2.24, 2.45) is 5.92 Å². The number of hydrogen-bond acceptors (Lipinski definition) is 5. The molecule has 0 spiro atoms. The van der Waals surface area contributed by atoms with Crippen LogP contribution in [0, 0.1) is 12.8 Å². The SMILES string of the molecule is CC[C@@H](C)NC(=O)[C@@H](NC(=O)c1cccc(C)c1)C1CCN(S(=O)(=O)c2ccc(OC)cc2)CC1. The molecule has 9 heteroatoms. The molecule has 3 rings (SSSR count). The van der Waals surface area contributed by atoms with Gasteiger partial charge >= 0.3 is 0 Å². The smallest absolute Gasteiger partial charge is 0.251 e. The fraction of sp³-hybridized carbons (Fsp3) is 0.462. The fourth-order valence-electron chi connectivity index (χ4n) is 4.19. The largest absolute Gasteiger partial charge is 0.497 e. The summed E-state index contributed by atoms with van der Waals surface area (Å²) in [5.41, 5.74) is 1.45. The highest BCUT2D eigenvalue weighted by Crippen LogP contribution is 2.27. The number of sulfonamides is 1. The molecule has 0 bridgehead atoms. The van der Waals surface area contributed by atoms with Crippen LogP contribution in [-0.4, -0.2) is 56.8 Å². The van der Waals surface area contributed by atoms with E-state index in [9.17, 15) is 18.0 Å². The Balaban J connectivity index is 1.74. The van der Waals surface area contributed by atoms with Crippen LogP contribution in [0.4, 0.5) is 0 Å². The topological polar surface area (TPSA) is 105 Å². The van der Waals surface area contributed by atoms with Gasteiger partial charge in [-0.1, -0.05) is 24.6 Å². The molecule has 2 aromatic carbocycles. The van der Waals surface area contributed by atoms with Crippen LogP contribution in [0.25, 0.3) is 0 Å². The van der Waals surface area contributed by atoms with Gasteiger partial charge in [-0.3, -0.25) is 9.59 Å². The van der Waals surface area contributed by atoms with Crippen molar-refractivity contribution in [3.63, 3.8) is 0 Å². The number of carbonyl (C=O) groups is 2. The van der Waals surface area contributed by atoms with Crippen LogP contribution in [0.5, 0.6) is 5.75 Å². The zero-order chi connectivity index (χ0) is 25.6. The van der Waals surface area contributed by atoms with Gasteiger partial charge in [-0.15, -0.1) is 0 Å². The molecule has 2 N–H and O–H groups in total. The molecule has 2 atom stereocenters. The Morgan fingerprint density at radius 3 is 2.31 bits per heavy atom. The van der Waals surface area contributed by atoms with Gasteiger partial charge < -0.3 is 15.4 Å². The molecule has 35 heavy (non-hydrogen) atoms. The summed E-state index contributed by atoms with van der Waals surface area (Å²) in [7, 11) is -2.13. The molecular weight excluding hydrogens is 466 g/mol. The van der Waals surface area contributed by atoms with E-state index in [1.165, 1.54) is 23.5 Å². The minimum Gasteiger partial charge on any atom is -0.497 e. The van der Waals surface area contributed by atoms with Crippen LogP contribution in [0.15, 0.2) is 53.4 Å². The van der Waals surface area contributed by atoms with Crippen LogP contribution in [-0.2, 0) is 14.8 Å². The summed E-state index contributed by atoms with van der Waals surface area (Å²) in [4.78, 5) is 26.3. The number of hydrogen-bond donors (Lipinski definition) is 2. The number of piperidine rings is 1. The van der Waals surface area contributed by atoms with Crippen molar-refractivity contribution in [1.29, 1.82) is 0 Å². The van der Waals surface area contributed by atoms with Gasteiger partial charge in [0.05, 0.1) is 12.0 Å². The maximum atomic E-state index is 13.1. The molecule has 1 saturated heterocycles. The van der Waals surface area contributed by atoms with E-state index in [-0.39, 0.29) is 41.8 Å². The van der Waals surface area contributed by atoms with Crippen molar-refractivity contribution in [2.75, 3.05) is 20.2 Å². The number of rotatable bonds is 9. The zero-order valence-corrected chi connectivity index (χ0v) is 21.6. The van der Waals surface area contributed by atoms with Gasteiger partial charge in [0, 0.05) is 24.7 Å². The van der Waals surface area contributed by atoms with Crippen LogP contribution >= 0.6 is 0 Å². The van der Waals surface area contributed by atoms with E-state index in [2.05, 4.69) is 10.6 Å². The van der Waals surface area contributed by atoms with Gasteiger partial charge in [-0.05, 0) is 75.4 Å². The quantitative estimate of drug-likeness (QED) is 0.549. The molecule has 1 heterocycles. The molecular formula is C26H35N3O5S. The monoisotopic (exact) mass is 501 g/mol. The van der Waals surface area contributed by atoms with E-state index in [1.54, 1.807) is 30.3 Å². The van der Waals surface area contributed by atoms with Gasteiger partial charge in [0.25, 0.3) is 5.91 Å². The lowest BCUT2D eigenvalue weighted by atomic mass is 9.89. The first-order valence-corrected chi connectivity index (χ1v) is 13.4. The molecule has 0 aromatic heterocycles. The fourth-order valence-corrected chi connectivity index (χ4v) is 5.66. The van der Waals surface area contributed by atoms with Crippen molar-refractivity contribution in [3.8, 4) is 5.75 Å². The lowest BCUT2D eigenvalue weighted by molar-refractivity contribution is -0.125. The van der Waals surface area contributed by atoms with Crippen molar-refractivity contribution in [1.82, 2.24) is 14.9 Å². The predicted octanol–water partition coefficient (Wildman–Crippen LogP) is 3.12. The zero-order valence-electron chi connectivity index (χ0n) is 20.8. The van der Waals surface area contributed by atoms with E-state index in [4.69, 9.17) is 4.74 Å². The van der Waals surface area contributed by atoms with Crippen molar-refractivity contribution < 1.29 is 22.7 Å². The molecule has 1 aliphatic heterocycles. The summed E-state index contributed by atoms with van der Waals surface area (Å²) in [5.74, 6) is -0.152. The van der Waals surface area contributed by atoms with E-state index >= 15 is 0 Å². The highest BCUT2D eigenvalue weighted by molar-refractivity contribution is 7.89. The Morgan fingerprint density at radius 1 is 1.09 bits per heavy atom. The number of aryl methyl sites for hydroxylation is 1. The second kappa shape index (κ2) is 11.7. The van der Waals surface area contributed by atoms with Gasteiger partial charge in [-0.25, -0.2) is 8.42 Å². The summed E-state index contributed by atoms with van der Waals surface area (Å²) < 4.78 is 32.8. The molecule has 2 aromatic rings. The van der Waals surface area contributed by atoms with Crippen molar-refractivity contribution in [3.05, 3.63) is 59.7 Å². The second-order valence-electron chi connectivity index (χ2n) is 9.06. The molecule has 0 aliphatic carbocycles. The number of nitrogens with one attached hydrogen (secondary N) is 2. The molecule has 2 amide bonds. The molecule has 0 radical (unpaired) electrons. The molecule has 1 aliphatic rings. The Morgan fingerprint density at radius 2 is 1.74 bits per heavy atom. The molecule has 0 saturated carbocycles. The number of benzene rings is 2. The maximum absolute atomic E-state index is 13.1. The van der Waals surface area contributed by atoms with Gasteiger partial charge in [-0.2, -0.15) is 4.31 Å². The number of ether oxygens (including phenoxy) is 1. The van der Waals surface area contributed by atoms with Crippen molar-refractivity contribution >= 4 is 21.8 Å². The van der Waals surface area contributed by atoms with E-state index in [0.717, 1.165) is 12.0 Å². The summed E-state index contributed by atoms with van der Waals surface area (Å²) >= 11 is 0. The maximum Gasteiger partial charge on any atom is 0.251 e. The number of amides is 2. The first-order valence-electron chi connectivity index (χ1n) is 12.0. The molecule has 0 unspecified atom stereocenters. The standard InChI is InChI=1S/C26H35N3O5S/c1-5-19(3)27-26(31)24(28-25(30)21-8-6-7-18(2)17-21)20-13-15-29(16-14-20)35(32,33)23-11-9-22(34-4)10-12-23/h6-12,17,19-20,24H,5,13-16H2,1-4H3,(H,27,31)(H,28,30)/t19-,24+/m1/s1. The first-order chi connectivity index (χ1) is 16.6. The van der Waals surface area contributed by atoms with E-state index in [1.807, 2.05) is 26.8 Å². The second-order valence-corrected chi connectivity index (χ2v) is 11.0. The third-order valence-corrected chi connectivity index (χ3v) is 8.43. The normalized spacial score (nSPS) is 16.8. The Labute approximate surface area is 208 Å². The van der Waals surface area contributed by atoms with Crippen molar-refractivity contribution in [2.45, 2.75) is 57.0 Å². The summed E-state index contributed by atoms with van der Waals surface area (Å²) in [6.07, 6.45) is 1.69. The minimum absolute atomic E-state index is 0.0311. The van der Waals surface area contributed by atoms with E-state index < -0.39 is 16.1 Å². The minimum atomic E-state index is -3.66. The van der Waals surface area contributed by atoms with Crippen LogP contribution in [0.1, 0.15) is 49.0 Å². The van der Waals surface area contributed by atoms with Gasteiger partial charge in [0.1, 0.15) is 11.8 Å². The third-order valence-electron chi connectivity index (χ3n) is 6.52. The summed E-state index contributed by atoms with van der Waals surface area (Å²) in [6, 6.07) is 12.7. The summed E-state index contributed by atoms with van der Waals surface area (Å²) in [6.45, 7) is 6.34. The highest BCUT2D eigenvalue weighted by Gasteiger charge is 2.36. The van der Waals surface area contributed by atoms with Crippen LogP contribution < -0.4 is 15.4 Å². The first kappa shape index (κ1) is 26.7. The third kappa shape index (κ3) is 6.61. The Kier molecular flexibility index (Phi) is 8.91. The predicted molar refractivity (Wildman–Crippen MR) is 135 cm³/mol. The lowest BCUT2D eigenvalue weighted by Gasteiger charge is -2.35. The molecule has 190 valence electrons. The van der Waals surface area contributed by atoms with E-state index in [0.29, 0.717) is 24.2 Å².